The first-order valence-corrected chi connectivity index (χ1v) is 10.6. The first-order valence-electron chi connectivity index (χ1n) is 10.2. The van der Waals surface area contributed by atoms with Gasteiger partial charge in [0.1, 0.15) is 0 Å². The van der Waals surface area contributed by atoms with Crippen LogP contribution in [0.15, 0.2) is 35.1 Å². The van der Waals surface area contributed by atoms with Crippen LogP contribution >= 0.6 is 11.6 Å². The highest BCUT2D eigenvalue weighted by Gasteiger charge is 2.20. The topological polar surface area (TPSA) is 55.5 Å². The molecule has 2 aliphatic heterocycles. The van der Waals surface area contributed by atoms with E-state index in [9.17, 15) is 4.79 Å². The van der Waals surface area contributed by atoms with E-state index < -0.39 is 0 Å². The predicted molar refractivity (Wildman–Crippen MR) is 113 cm³/mol. The SMILES string of the molecule is O=c1cc(CN2CCCCC2)nc(N2CCN(Cc3ccccc3Cl)CC2)[nH]1. The Morgan fingerprint density at radius 2 is 1.64 bits per heavy atom. The van der Waals surface area contributed by atoms with Crippen molar-refractivity contribution < 1.29 is 0 Å². The molecule has 0 bridgehead atoms. The number of hydrogen-bond donors (Lipinski definition) is 1. The van der Waals surface area contributed by atoms with Gasteiger partial charge in [0.25, 0.3) is 5.56 Å². The van der Waals surface area contributed by atoms with E-state index in [2.05, 4.69) is 25.8 Å². The largest absolute Gasteiger partial charge is 0.340 e. The minimum Gasteiger partial charge on any atom is -0.340 e. The highest BCUT2D eigenvalue weighted by Crippen LogP contribution is 2.19. The number of benzene rings is 1. The van der Waals surface area contributed by atoms with Crippen LogP contribution in [0.2, 0.25) is 5.02 Å². The average Bonchev–Trinajstić information content (AvgIpc) is 2.71. The minimum atomic E-state index is -0.0597. The molecule has 0 amide bonds. The molecule has 2 fully saturated rings. The highest BCUT2D eigenvalue weighted by atomic mass is 35.5. The van der Waals surface area contributed by atoms with Crippen molar-refractivity contribution in [3.05, 3.63) is 57.0 Å². The Morgan fingerprint density at radius 3 is 2.39 bits per heavy atom. The fraction of sp³-hybridized carbons (Fsp3) is 0.524. The van der Waals surface area contributed by atoms with Gasteiger partial charge < -0.3 is 4.90 Å². The van der Waals surface area contributed by atoms with Gasteiger partial charge in [0, 0.05) is 50.4 Å². The standard InChI is InChI=1S/C21H28ClN5O/c22-19-7-3-2-6-17(19)15-26-10-12-27(13-11-26)21-23-18(14-20(28)24-21)16-25-8-4-1-5-9-25/h2-3,6-7,14H,1,4-5,8-13,15-16H2,(H,23,24,28). The zero-order valence-corrected chi connectivity index (χ0v) is 17.0. The molecule has 0 atom stereocenters. The number of nitrogens with zero attached hydrogens (tertiary/aromatic N) is 4. The fourth-order valence-electron chi connectivity index (χ4n) is 4.06. The summed E-state index contributed by atoms with van der Waals surface area (Å²) in [4.78, 5) is 26.8. The van der Waals surface area contributed by atoms with Crippen molar-refractivity contribution in [3.8, 4) is 0 Å². The van der Waals surface area contributed by atoms with Crippen molar-refractivity contribution >= 4 is 17.5 Å². The summed E-state index contributed by atoms with van der Waals surface area (Å²) < 4.78 is 0. The van der Waals surface area contributed by atoms with Gasteiger partial charge >= 0.3 is 0 Å². The zero-order chi connectivity index (χ0) is 19.3. The van der Waals surface area contributed by atoms with Crippen LogP contribution < -0.4 is 10.5 Å². The molecule has 0 saturated carbocycles. The molecule has 6 nitrogen and oxygen atoms in total. The molecule has 0 unspecified atom stereocenters. The Hall–Kier alpha value is -1.89. The van der Waals surface area contributed by atoms with Gasteiger partial charge in [-0.25, -0.2) is 4.98 Å². The molecule has 2 saturated heterocycles. The number of nitrogens with one attached hydrogen (secondary N) is 1. The number of piperazine rings is 1. The second-order valence-electron chi connectivity index (χ2n) is 7.75. The summed E-state index contributed by atoms with van der Waals surface area (Å²) in [6.07, 6.45) is 3.79. The lowest BCUT2D eigenvalue weighted by Crippen LogP contribution is -2.47. The number of aromatic nitrogens is 2. The van der Waals surface area contributed by atoms with E-state index in [4.69, 9.17) is 16.6 Å². The van der Waals surface area contributed by atoms with Crippen molar-refractivity contribution in [2.75, 3.05) is 44.2 Å². The van der Waals surface area contributed by atoms with Crippen molar-refractivity contribution in [2.24, 2.45) is 0 Å². The number of halogens is 1. The van der Waals surface area contributed by atoms with Crippen LogP contribution in [-0.4, -0.2) is 59.0 Å². The minimum absolute atomic E-state index is 0.0597. The van der Waals surface area contributed by atoms with Gasteiger partial charge in [-0.3, -0.25) is 19.6 Å². The molecule has 1 N–H and O–H groups in total. The van der Waals surface area contributed by atoms with Crippen LogP contribution in [0.25, 0.3) is 0 Å². The molecule has 7 heteroatoms. The first kappa shape index (κ1) is 19.4. The number of hydrogen-bond acceptors (Lipinski definition) is 5. The number of H-pyrrole nitrogens is 1. The van der Waals surface area contributed by atoms with E-state index >= 15 is 0 Å². The Bertz CT molecular complexity index is 841. The predicted octanol–water partition coefficient (Wildman–Crippen LogP) is 2.73. The monoisotopic (exact) mass is 401 g/mol. The lowest BCUT2D eigenvalue weighted by molar-refractivity contribution is 0.218. The van der Waals surface area contributed by atoms with Gasteiger partial charge in [-0.15, -0.1) is 0 Å². The number of aromatic amines is 1. The van der Waals surface area contributed by atoms with Crippen LogP contribution in [0.5, 0.6) is 0 Å². The highest BCUT2D eigenvalue weighted by molar-refractivity contribution is 6.31. The smallest absolute Gasteiger partial charge is 0.252 e. The maximum Gasteiger partial charge on any atom is 0.252 e. The van der Waals surface area contributed by atoms with Gasteiger partial charge in [0.2, 0.25) is 5.95 Å². The van der Waals surface area contributed by atoms with E-state index in [0.29, 0.717) is 5.95 Å². The summed E-state index contributed by atoms with van der Waals surface area (Å²) in [6.45, 7) is 7.36. The van der Waals surface area contributed by atoms with Crippen LogP contribution in [0, 0.1) is 0 Å². The second-order valence-corrected chi connectivity index (χ2v) is 8.16. The summed E-state index contributed by atoms with van der Waals surface area (Å²) in [5, 5.41) is 0.821. The number of anilines is 1. The third-order valence-corrected chi connectivity index (χ3v) is 6.01. The molecular weight excluding hydrogens is 374 g/mol. The molecule has 28 heavy (non-hydrogen) atoms. The lowest BCUT2D eigenvalue weighted by Gasteiger charge is -2.35. The van der Waals surface area contributed by atoms with Gasteiger partial charge in [-0.05, 0) is 37.6 Å². The summed E-state index contributed by atoms with van der Waals surface area (Å²) in [6, 6.07) is 9.65. The van der Waals surface area contributed by atoms with Gasteiger partial charge in [0.05, 0.1) is 5.69 Å². The van der Waals surface area contributed by atoms with Crippen LogP contribution in [0.1, 0.15) is 30.5 Å². The fourth-order valence-corrected chi connectivity index (χ4v) is 4.25. The summed E-state index contributed by atoms with van der Waals surface area (Å²) in [5.74, 6) is 0.705. The first-order chi connectivity index (χ1) is 13.7. The molecule has 1 aromatic carbocycles. The van der Waals surface area contributed by atoms with Crippen molar-refractivity contribution in [1.29, 1.82) is 0 Å². The summed E-state index contributed by atoms with van der Waals surface area (Å²) >= 11 is 6.29. The maximum atomic E-state index is 12.2. The van der Waals surface area contributed by atoms with Gasteiger partial charge in [-0.2, -0.15) is 0 Å². The summed E-state index contributed by atoms with van der Waals surface area (Å²) in [5.41, 5.74) is 1.97. The molecule has 1 aromatic heterocycles. The molecule has 0 radical (unpaired) electrons. The molecule has 150 valence electrons. The quantitative estimate of drug-likeness (QED) is 0.834. The molecule has 0 aliphatic carbocycles. The Morgan fingerprint density at radius 1 is 0.929 bits per heavy atom. The summed E-state index contributed by atoms with van der Waals surface area (Å²) in [7, 11) is 0. The van der Waals surface area contributed by atoms with Crippen molar-refractivity contribution in [3.63, 3.8) is 0 Å². The Kier molecular flexibility index (Phi) is 6.29. The average molecular weight is 402 g/mol. The van der Waals surface area contributed by atoms with Gasteiger partial charge in [0.15, 0.2) is 0 Å². The van der Waals surface area contributed by atoms with E-state index in [1.165, 1.54) is 19.3 Å². The van der Waals surface area contributed by atoms with E-state index in [0.717, 1.165) is 68.6 Å². The van der Waals surface area contributed by atoms with Crippen LogP contribution in [-0.2, 0) is 13.1 Å². The molecular formula is C21H28ClN5O. The number of piperidine rings is 1. The van der Waals surface area contributed by atoms with Crippen LogP contribution in [0.3, 0.4) is 0 Å². The van der Waals surface area contributed by atoms with E-state index in [1.54, 1.807) is 6.07 Å². The molecule has 3 heterocycles. The maximum absolute atomic E-state index is 12.2. The normalized spacial score (nSPS) is 19.1. The van der Waals surface area contributed by atoms with E-state index in [-0.39, 0.29) is 5.56 Å². The second kappa shape index (κ2) is 9.07. The molecule has 0 spiro atoms. The molecule has 4 rings (SSSR count). The zero-order valence-electron chi connectivity index (χ0n) is 16.2. The van der Waals surface area contributed by atoms with Crippen LogP contribution in [0.4, 0.5) is 5.95 Å². The van der Waals surface area contributed by atoms with Crippen molar-refractivity contribution in [1.82, 2.24) is 19.8 Å². The number of likely N-dealkylation sites (tertiary alicyclic amines) is 1. The van der Waals surface area contributed by atoms with Gasteiger partial charge in [-0.1, -0.05) is 36.2 Å². The number of rotatable bonds is 5. The Labute approximate surface area is 171 Å². The third kappa shape index (κ3) is 4.93. The van der Waals surface area contributed by atoms with E-state index in [1.807, 2.05) is 18.2 Å². The molecule has 2 aliphatic rings. The third-order valence-electron chi connectivity index (χ3n) is 5.64. The molecule has 2 aromatic rings. The van der Waals surface area contributed by atoms with Crippen molar-refractivity contribution in [2.45, 2.75) is 32.4 Å². The lowest BCUT2D eigenvalue weighted by atomic mass is 10.1. The Balaban J connectivity index is 1.37.